The third-order valence-corrected chi connectivity index (χ3v) is 5.22. The maximum Gasteiger partial charge on any atom is 0.317 e. The second-order valence-electron chi connectivity index (χ2n) is 7.63. The van der Waals surface area contributed by atoms with Gasteiger partial charge >= 0.3 is 6.03 Å². The van der Waals surface area contributed by atoms with Gasteiger partial charge in [-0.3, -0.25) is 9.58 Å². The van der Waals surface area contributed by atoms with E-state index in [0.717, 1.165) is 44.7 Å². The van der Waals surface area contributed by atoms with Gasteiger partial charge in [0.05, 0.1) is 17.9 Å². The van der Waals surface area contributed by atoms with Gasteiger partial charge in [-0.1, -0.05) is 37.3 Å². The Morgan fingerprint density at radius 2 is 2.04 bits per heavy atom. The van der Waals surface area contributed by atoms with Crippen LogP contribution in [-0.4, -0.2) is 52.8 Å². The van der Waals surface area contributed by atoms with Crippen molar-refractivity contribution >= 4 is 6.03 Å². The monoisotopic (exact) mass is 369 g/mol. The number of nitrogens with one attached hydrogen (secondary N) is 1. The van der Waals surface area contributed by atoms with Crippen molar-refractivity contribution in [2.45, 2.75) is 45.3 Å². The molecule has 1 aromatic carbocycles. The molecule has 1 aromatic heterocycles. The molecular formula is C21H31N5O. The largest absolute Gasteiger partial charge is 0.332 e. The number of carbonyl (C=O) groups is 1. The fraction of sp³-hybridized carbons (Fsp3) is 0.524. The molecule has 27 heavy (non-hydrogen) atoms. The normalized spacial score (nSPS) is 15.7. The fourth-order valence-corrected chi connectivity index (χ4v) is 3.51. The van der Waals surface area contributed by atoms with Crippen LogP contribution in [0.2, 0.25) is 0 Å². The van der Waals surface area contributed by atoms with Crippen molar-refractivity contribution in [2.75, 3.05) is 27.2 Å². The third-order valence-electron chi connectivity index (χ3n) is 5.22. The Hall–Kier alpha value is -2.34. The first-order valence-electron chi connectivity index (χ1n) is 9.81. The van der Waals surface area contributed by atoms with Crippen molar-refractivity contribution in [2.24, 2.45) is 0 Å². The van der Waals surface area contributed by atoms with Crippen LogP contribution in [0.3, 0.4) is 0 Å². The van der Waals surface area contributed by atoms with E-state index in [4.69, 9.17) is 0 Å². The zero-order valence-corrected chi connectivity index (χ0v) is 16.7. The van der Waals surface area contributed by atoms with Gasteiger partial charge in [-0.05, 0) is 36.9 Å². The van der Waals surface area contributed by atoms with Crippen LogP contribution in [0.15, 0.2) is 36.4 Å². The van der Waals surface area contributed by atoms with E-state index in [1.807, 2.05) is 0 Å². The number of aryl methyl sites for hydroxylation is 1. The highest BCUT2D eigenvalue weighted by Gasteiger charge is 2.18. The first-order valence-corrected chi connectivity index (χ1v) is 9.81. The van der Waals surface area contributed by atoms with Gasteiger partial charge in [0.2, 0.25) is 0 Å². The molecule has 1 atom stereocenters. The molecular weight excluding hydrogens is 338 g/mol. The van der Waals surface area contributed by atoms with Crippen LogP contribution in [-0.2, 0) is 19.6 Å². The highest BCUT2D eigenvalue weighted by Crippen LogP contribution is 2.21. The summed E-state index contributed by atoms with van der Waals surface area (Å²) in [7, 11) is 3.48. The summed E-state index contributed by atoms with van der Waals surface area (Å²) >= 11 is 0. The van der Waals surface area contributed by atoms with Crippen molar-refractivity contribution in [1.29, 1.82) is 0 Å². The van der Waals surface area contributed by atoms with Crippen LogP contribution >= 0.6 is 0 Å². The zero-order chi connectivity index (χ0) is 19.2. The van der Waals surface area contributed by atoms with Gasteiger partial charge in [-0.15, -0.1) is 0 Å². The van der Waals surface area contributed by atoms with Crippen LogP contribution in [0.25, 0.3) is 0 Å². The summed E-state index contributed by atoms with van der Waals surface area (Å²) in [5.74, 6) is 0.566. The minimum Gasteiger partial charge on any atom is -0.332 e. The van der Waals surface area contributed by atoms with E-state index < -0.39 is 0 Å². The van der Waals surface area contributed by atoms with Crippen LogP contribution in [0.4, 0.5) is 4.79 Å². The number of fused-ring (bicyclic) bond motifs is 1. The Morgan fingerprint density at radius 3 is 2.78 bits per heavy atom. The molecule has 0 saturated heterocycles. The Kier molecular flexibility index (Phi) is 6.50. The SMILES string of the molecule is C[C@@H](CCN1CCCn2nc(CNC(=O)N(C)C)cc2C1)c1ccccc1. The predicted octanol–water partition coefficient (Wildman–Crippen LogP) is 3.05. The van der Waals surface area contributed by atoms with E-state index in [0.29, 0.717) is 12.5 Å². The minimum atomic E-state index is -0.0882. The number of hydrogen-bond donors (Lipinski definition) is 1. The highest BCUT2D eigenvalue weighted by atomic mass is 16.2. The van der Waals surface area contributed by atoms with Crippen LogP contribution in [0.1, 0.15) is 42.6 Å². The van der Waals surface area contributed by atoms with Crippen molar-refractivity contribution in [3.05, 3.63) is 53.3 Å². The molecule has 0 unspecified atom stereocenters. The molecule has 2 amide bonds. The standard InChI is InChI=1S/C21H31N5O/c1-17(18-8-5-4-6-9-18)10-13-25-11-7-12-26-20(16-25)14-19(23-26)15-22-21(27)24(2)3/h4-6,8-9,14,17H,7,10-13,15-16H2,1-3H3,(H,22,27)/t17-/m0/s1. The second-order valence-corrected chi connectivity index (χ2v) is 7.63. The maximum absolute atomic E-state index is 11.7. The van der Waals surface area contributed by atoms with Gasteiger partial charge in [0.15, 0.2) is 0 Å². The molecule has 1 aliphatic heterocycles. The van der Waals surface area contributed by atoms with Crippen molar-refractivity contribution in [1.82, 2.24) is 24.9 Å². The lowest BCUT2D eigenvalue weighted by molar-refractivity contribution is 0.217. The summed E-state index contributed by atoms with van der Waals surface area (Å²) in [5, 5.41) is 7.57. The molecule has 6 nitrogen and oxygen atoms in total. The lowest BCUT2D eigenvalue weighted by atomic mass is 9.98. The number of amides is 2. The molecule has 0 saturated carbocycles. The molecule has 0 spiro atoms. The maximum atomic E-state index is 11.7. The number of nitrogens with zero attached hydrogens (tertiary/aromatic N) is 4. The van der Waals surface area contributed by atoms with Gasteiger partial charge in [0.25, 0.3) is 0 Å². The number of benzene rings is 1. The van der Waals surface area contributed by atoms with Crippen molar-refractivity contribution in [3.63, 3.8) is 0 Å². The molecule has 0 radical (unpaired) electrons. The van der Waals surface area contributed by atoms with Gasteiger partial charge in [-0.25, -0.2) is 4.79 Å². The molecule has 146 valence electrons. The Labute approximate surface area is 162 Å². The fourth-order valence-electron chi connectivity index (χ4n) is 3.51. The second kappa shape index (κ2) is 9.04. The lowest BCUT2D eigenvalue weighted by Gasteiger charge is -2.22. The minimum absolute atomic E-state index is 0.0882. The summed E-state index contributed by atoms with van der Waals surface area (Å²) < 4.78 is 2.11. The molecule has 2 aromatic rings. The number of carbonyl (C=O) groups excluding carboxylic acids is 1. The summed E-state index contributed by atoms with van der Waals surface area (Å²) in [6, 6.07) is 12.8. The van der Waals surface area contributed by atoms with Gasteiger partial charge in [0, 0.05) is 33.7 Å². The number of rotatable bonds is 6. The Balaban J connectivity index is 1.55. The molecule has 6 heteroatoms. The average Bonchev–Trinajstić information content (AvgIpc) is 2.95. The molecule has 3 rings (SSSR count). The van der Waals surface area contributed by atoms with Crippen LogP contribution in [0, 0.1) is 0 Å². The summed E-state index contributed by atoms with van der Waals surface area (Å²) in [5.41, 5.74) is 3.59. The van der Waals surface area contributed by atoms with Gasteiger partial charge in [0.1, 0.15) is 0 Å². The van der Waals surface area contributed by atoms with Crippen molar-refractivity contribution in [3.8, 4) is 0 Å². The summed E-state index contributed by atoms with van der Waals surface area (Å²) in [4.78, 5) is 15.8. The smallest absolute Gasteiger partial charge is 0.317 e. The number of aromatic nitrogens is 2. The van der Waals surface area contributed by atoms with Crippen LogP contribution < -0.4 is 5.32 Å². The first kappa shape index (κ1) is 19.4. The van der Waals surface area contributed by atoms with E-state index in [9.17, 15) is 4.79 Å². The van der Waals surface area contributed by atoms with E-state index in [2.05, 4.69) is 63.3 Å². The average molecular weight is 370 g/mol. The number of urea groups is 1. The van der Waals surface area contributed by atoms with E-state index in [1.165, 1.54) is 16.2 Å². The predicted molar refractivity (Wildman–Crippen MR) is 108 cm³/mol. The zero-order valence-electron chi connectivity index (χ0n) is 16.7. The lowest BCUT2D eigenvalue weighted by Crippen LogP contribution is -2.34. The molecule has 0 aliphatic carbocycles. The van der Waals surface area contributed by atoms with Crippen LogP contribution in [0.5, 0.6) is 0 Å². The molecule has 0 fully saturated rings. The Morgan fingerprint density at radius 1 is 1.26 bits per heavy atom. The molecule has 0 bridgehead atoms. The molecule has 2 heterocycles. The van der Waals surface area contributed by atoms with E-state index in [-0.39, 0.29) is 6.03 Å². The number of hydrogen-bond acceptors (Lipinski definition) is 3. The topological polar surface area (TPSA) is 53.4 Å². The van der Waals surface area contributed by atoms with Crippen molar-refractivity contribution < 1.29 is 4.79 Å². The molecule has 1 aliphatic rings. The molecule has 1 N–H and O–H groups in total. The highest BCUT2D eigenvalue weighted by molar-refractivity contribution is 5.73. The van der Waals surface area contributed by atoms with Gasteiger partial charge in [-0.2, -0.15) is 5.10 Å². The summed E-state index contributed by atoms with van der Waals surface area (Å²) in [6.07, 6.45) is 2.27. The first-order chi connectivity index (χ1) is 13.0. The van der Waals surface area contributed by atoms with Gasteiger partial charge < -0.3 is 10.2 Å². The Bertz CT molecular complexity index is 740. The van der Waals surface area contributed by atoms with E-state index in [1.54, 1.807) is 14.1 Å². The van der Waals surface area contributed by atoms with E-state index >= 15 is 0 Å². The quantitative estimate of drug-likeness (QED) is 0.851. The summed E-state index contributed by atoms with van der Waals surface area (Å²) in [6.45, 7) is 6.86. The third kappa shape index (κ3) is 5.32.